The second kappa shape index (κ2) is 7.29. The van der Waals surface area contributed by atoms with Crippen LogP contribution in [0.5, 0.6) is 0 Å². The smallest absolute Gasteiger partial charge is 0.247 e. The Labute approximate surface area is 146 Å². The van der Waals surface area contributed by atoms with E-state index in [2.05, 4.69) is 20.4 Å². The number of aryl methyl sites for hydroxylation is 2. The van der Waals surface area contributed by atoms with Crippen LogP contribution in [0.2, 0.25) is 0 Å². The van der Waals surface area contributed by atoms with Gasteiger partial charge in [0.15, 0.2) is 0 Å². The minimum atomic E-state index is 0.0134. The van der Waals surface area contributed by atoms with Crippen LogP contribution >= 0.6 is 0 Å². The number of H-pyrrole nitrogens is 1. The van der Waals surface area contributed by atoms with Crippen molar-refractivity contribution in [3.63, 3.8) is 0 Å². The quantitative estimate of drug-likeness (QED) is 0.746. The molecule has 0 fully saturated rings. The summed E-state index contributed by atoms with van der Waals surface area (Å²) in [7, 11) is 1.73. The van der Waals surface area contributed by atoms with E-state index in [0.29, 0.717) is 24.6 Å². The van der Waals surface area contributed by atoms with Crippen LogP contribution in [0.4, 0.5) is 0 Å². The van der Waals surface area contributed by atoms with Gasteiger partial charge in [-0.2, -0.15) is 5.10 Å². The highest BCUT2D eigenvalue weighted by atomic mass is 16.4. The number of nitrogens with one attached hydrogen (secondary N) is 1. The molecule has 2 aromatic heterocycles. The van der Waals surface area contributed by atoms with E-state index in [-0.39, 0.29) is 12.5 Å². The van der Waals surface area contributed by atoms with Crippen molar-refractivity contribution in [3.8, 4) is 11.5 Å². The molecule has 0 aliphatic rings. The third kappa shape index (κ3) is 3.93. The van der Waals surface area contributed by atoms with E-state index in [1.807, 2.05) is 44.2 Å². The molecule has 25 heavy (non-hydrogen) atoms. The van der Waals surface area contributed by atoms with Crippen molar-refractivity contribution in [3.05, 3.63) is 53.2 Å². The van der Waals surface area contributed by atoms with E-state index >= 15 is 0 Å². The molecule has 0 radical (unpaired) electrons. The minimum Gasteiger partial charge on any atom is -0.419 e. The molecule has 0 aliphatic carbocycles. The first-order valence-electron chi connectivity index (χ1n) is 8.17. The summed E-state index contributed by atoms with van der Waals surface area (Å²) in [6.07, 6.45) is 1.000. The molecular formula is C18H21N5O2. The Morgan fingerprint density at radius 1 is 1.20 bits per heavy atom. The van der Waals surface area contributed by atoms with Crippen LogP contribution in [0.1, 0.15) is 29.3 Å². The summed E-state index contributed by atoms with van der Waals surface area (Å²) in [6, 6.07) is 9.55. The minimum absolute atomic E-state index is 0.0134. The summed E-state index contributed by atoms with van der Waals surface area (Å²) in [5.41, 5.74) is 3.94. The summed E-state index contributed by atoms with van der Waals surface area (Å²) in [5.74, 6) is 0.889. The molecule has 1 N–H and O–H groups in total. The molecule has 2 heterocycles. The van der Waals surface area contributed by atoms with Crippen LogP contribution in [0.3, 0.4) is 0 Å². The fourth-order valence-electron chi connectivity index (χ4n) is 2.50. The lowest BCUT2D eigenvalue weighted by atomic mass is 10.1. The molecule has 130 valence electrons. The van der Waals surface area contributed by atoms with Crippen LogP contribution < -0.4 is 0 Å². The summed E-state index contributed by atoms with van der Waals surface area (Å²) in [5, 5.41) is 15.2. The zero-order valence-corrected chi connectivity index (χ0v) is 14.6. The number of carbonyl (C=O) groups is 1. The Kier molecular flexibility index (Phi) is 4.92. The Balaban J connectivity index is 1.56. The average molecular weight is 339 g/mol. The Morgan fingerprint density at radius 2 is 1.96 bits per heavy atom. The first kappa shape index (κ1) is 16.9. The first-order valence-corrected chi connectivity index (χ1v) is 8.17. The molecule has 7 nitrogen and oxygen atoms in total. The molecule has 7 heteroatoms. The monoisotopic (exact) mass is 339 g/mol. The van der Waals surface area contributed by atoms with Crippen molar-refractivity contribution < 1.29 is 9.21 Å². The fourth-order valence-corrected chi connectivity index (χ4v) is 2.50. The van der Waals surface area contributed by atoms with E-state index in [1.54, 1.807) is 11.9 Å². The lowest BCUT2D eigenvalue weighted by molar-refractivity contribution is -0.130. The third-order valence-corrected chi connectivity index (χ3v) is 4.22. The van der Waals surface area contributed by atoms with E-state index in [4.69, 9.17) is 4.42 Å². The van der Waals surface area contributed by atoms with E-state index in [9.17, 15) is 4.79 Å². The van der Waals surface area contributed by atoms with Gasteiger partial charge in [0.1, 0.15) is 0 Å². The number of benzene rings is 1. The van der Waals surface area contributed by atoms with Gasteiger partial charge in [-0.1, -0.05) is 18.2 Å². The van der Waals surface area contributed by atoms with E-state index in [0.717, 1.165) is 22.5 Å². The number of aromatic nitrogens is 4. The summed E-state index contributed by atoms with van der Waals surface area (Å²) in [4.78, 5) is 13.9. The second-order valence-electron chi connectivity index (χ2n) is 6.04. The van der Waals surface area contributed by atoms with Crippen molar-refractivity contribution >= 4 is 5.91 Å². The first-order chi connectivity index (χ1) is 12.0. The van der Waals surface area contributed by atoms with Gasteiger partial charge < -0.3 is 9.32 Å². The van der Waals surface area contributed by atoms with Crippen LogP contribution in [-0.4, -0.2) is 38.2 Å². The van der Waals surface area contributed by atoms with Crippen LogP contribution in [0.15, 0.2) is 34.7 Å². The number of nitrogens with zero attached hydrogens (tertiary/aromatic N) is 4. The van der Waals surface area contributed by atoms with E-state index < -0.39 is 0 Å². The Hall–Kier alpha value is -2.96. The van der Waals surface area contributed by atoms with Crippen molar-refractivity contribution in [2.45, 2.75) is 33.2 Å². The largest absolute Gasteiger partial charge is 0.419 e. The zero-order valence-electron chi connectivity index (χ0n) is 14.6. The number of hydrogen-bond acceptors (Lipinski definition) is 5. The number of amides is 1. The highest BCUT2D eigenvalue weighted by molar-refractivity contribution is 5.76. The number of carbonyl (C=O) groups excluding carboxylic acids is 1. The second-order valence-corrected chi connectivity index (χ2v) is 6.04. The molecule has 0 atom stereocenters. The summed E-state index contributed by atoms with van der Waals surface area (Å²) >= 11 is 0. The maximum atomic E-state index is 12.3. The maximum absolute atomic E-state index is 12.3. The van der Waals surface area contributed by atoms with Crippen LogP contribution in [0, 0.1) is 13.8 Å². The van der Waals surface area contributed by atoms with Gasteiger partial charge >= 0.3 is 0 Å². The SMILES string of the molecule is Cc1[nH]nc(CCC(=O)N(C)Cc2nnc(-c3ccccc3)o2)c1C. The molecule has 1 aromatic carbocycles. The molecule has 0 unspecified atom stereocenters. The maximum Gasteiger partial charge on any atom is 0.247 e. The molecule has 3 aromatic rings. The highest BCUT2D eigenvalue weighted by Crippen LogP contribution is 2.18. The zero-order chi connectivity index (χ0) is 17.8. The normalized spacial score (nSPS) is 10.8. The van der Waals surface area contributed by atoms with Crippen molar-refractivity contribution in [2.75, 3.05) is 7.05 Å². The van der Waals surface area contributed by atoms with Crippen molar-refractivity contribution in [1.82, 2.24) is 25.3 Å². The molecule has 0 aliphatic heterocycles. The van der Waals surface area contributed by atoms with Gasteiger partial charge in [-0.05, 0) is 31.5 Å². The molecule has 0 saturated heterocycles. The topological polar surface area (TPSA) is 87.9 Å². The lowest BCUT2D eigenvalue weighted by Crippen LogP contribution is -2.26. The lowest BCUT2D eigenvalue weighted by Gasteiger charge is -2.14. The van der Waals surface area contributed by atoms with Crippen molar-refractivity contribution in [1.29, 1.82) is 0 Å². The van der Waals surface area contributed by atoms with Gasteiger partial charge in [0.05, 0.1) is 12.2 Å². The highest BCUT2D eigenvalue weighted by Gasteiger charge is 2.15. The summed E-state index contributed by atoms with van der Waals surface area (Å²) in [6.45, 7) is 4.27. The van der Waals surface area contributed by atoms with Crippen molar-refractivity contribution in [2.24, 2.45) is 0 Å². The van der Waals surface area contributed by atoms with Gasteiger partial charge in [0, 0.05) is 31.1 Å². The van der Waals surface area contributed by atoms with Gasteiger partial charge in [-0.15, -0.1) is 10.2 Å². The third-order valence-electron chi connectivity index (χ3n) is 4.22. The molecule has 3 rings (SSSR count). The van der Waals surface area contributed by atoms with E-state index in [1.165, 1.54) is 0 Å². The molecule has 1 amide bonds. The fraction of sp³-hybridized carbons (Fsp3) is 0.333. The standard InChI is InChI=1S/C18H21N5O2/c1-12-13(2)19-20-15(12)9-10-17(24)23(3)11-16-21-22-18(25-16)14-7-5-4-6-8-14/h4-8H,9-11H2,1-3H3,(H,19,20). The molecule has 0 bridgehead atoms. The van der Waals surface area contributed by atoms with Gasteiger partial charge in [0.25, 0.3) is 0 Å². The molecule has 0 saturated carbocycles. The van der Waals surface area contributed by atoms with Crippen LogP contribution in [-0.2, 0) is 17.8 Å². The molecule has 0 spiro atoms. The number of rotatable bonds is 6. The Bertz CT molecular complexity index is 853. The average Bonchev–Trinajstić information content (AvgIpc) is 3.21. The predicted octanol–water partition coefficient (Wildman–Crippen LogP) is 2.67. The van der Waals surface area contributed by atoms with Gasteiger partial charge in [-0.3, -0.25) is 9.89 Å². The Morgan fingerprint density at radius 3 is 2.64 bits per heavy atom. The predicted molar refractivity (Wildman–Crippen MR) is 92.6 cm³/mol. The summed E-state index contributed by atoms with van der Waals surface area (Å²) < 4.78 is 5.64. The number of aromatic amines is 1. The van der Waals surface area contributed by atoms with Gasteiger partial charge in [-0.25, -0.2) is 0 Å². The molecular weight excluding hydrogens is 318 g/mol. The van der Waals surface area contributed by atoms with Gasteiger partial charge in [0.2, 0.25) is 17.7 Å². The van der Waals surface area contributed by atoms with Crippen LogP contribution in [0.25, 0.3) is 11.5 Å². The number of hydrogen-bond donors (Lipinski definition) is 1.